The summed E-state index contributed by atoms with van der Waals surface area (Å²) in [7, 11) is 1.43. The molecule has 0 radical (unpaired) electrons. The van der Waals surface area contributed by atoms with Gasteiger partial charge in [-0.2, -0.15) is 0 Å². The number of benzene rings is 1. The Morgan fingerprint density at radius 3 is 2.02 bits per heavy atom. The maximum atomic E-state index is 13.8. The lowest BCUT2D eigenvalue weighted by Crippen LogP contribution is -2.43. The van der Waals surface area contributed by atoms with Crippen LogP contribution in [0, 0.1) is 29.6 Å². The van der Waals surface area contributed by atoms with E-state index in [-0.39, 0.29) is 63.3 Å². The summed E-state index contributed by atoms with van der Waals surface area (Å²) in [6.07, 6.45) is 2.03. The number of phenolic OH excluding ortho intramolecular Hbond substituents is 1. The van der Waals surface area contributed by atoms with Gasteiger partial charge in [0.05, 0.1) is 30.8 Å². The lowest BCUT2D eigenvalue weighted by molar-refractivity contribution is -0.143. The van der Waals surface area contributed by atoms with Crippen LogP contribution in [0.15, 0.2) is 29.8 Å². The monoisotopic (exact) mass is 568 g/mol. The topological polar surface area (TPSA) is 179 Å². The molecule has 1 aromatic rings. The van der Waals surface area contributed by atoms with E-state index in [1.807, 2.05) is 6.08 Å². The zero-order valence-corrected chi connectivity index (χ0v) is 22.5. The molecule has 6 atom stereocenters. The molecule has 12 nitrogen and oxygen atoms in total. The van der Waals surface area contributed by atoms with Crippen LogP contribution < -0.4 is 4.74 Å². The number of methoxy groups -OCH3 is 1. The number of carbonyl (C=O) groups is 6. The third kappa shape index (κ3) is 4.74. The van der Waals surface area contributed by atoms with E-state index in [0.717, 1.165) is 9.80 Å². The summed E-state index contributed by atoms with van der Waals surface area (Å²) in [6, 6.07) is 4.69. The molecule has 2 aliphatic heterocycles. The number of fused-ring (bicyclic) bond motifs is 4. The van der Waals surface area contributed by atoms with E-state index in [1.54, 1.807) is 12.1 Å². The molecule has 218 valence electrons. The van der Waals surface area contributed by atoms with Gasteiger partial charge in [-0.25, -0.2) is 0 Å². The molecule has 2 aliphatic carbocycles. The number of aliphatic carboxylic acids is 2. The Kier molecular flexibility index (Phi) is 7.58. The number of ether oxygens (including phenoxy) is 1. The van der Waals surface area contributed by atoms with Gasteiger partial charge in [-0.1, -0.05) is 17.7 Å². The number of allylic oxidation sites excluding steroid dienone is 2. The minimum atomic E-state index is -1.04. The fraction of sp³-hybridized carbons (Fsp3) is 0.517. The number of hydrogen-bond acceptors (Lipinski definition) is 8. The first-order chi connectivity index (χ1) is 19.6. The summed E-state index contributed by atoms with van der Waals surface area (Å²) in [6.45, 7) is -0.0807. The molecule has 4 amide bonds. The number of amides is 4. The number of carboxylic acid groups (broad SMARTS) is 2. The van der Waals surface area contributed by atoms with Crippen molar-refractivity contribution in [1.82, 2.24) is 9.80 Å². The molecule has 2 saturated heterocycles. The fourth-order valence-electron chi connectivity index (χ4n) is 7.28. The molecule has 1 saturated carbocycles. The first kappa shape index (κ1) is 28.3. The molecule has 0 aromatic heterocycles. The number of nitrogens with zero attached hydrogens (tertiary/aromatic N) is 2. The van der Waals surface area contributed by atoms with E-state index in [0.29, 0.717) is 16.9 Å². The molecule has 3 N–H and O–H groups in total. The largest absolute Gasteiger partial charge is 0.508 e. The highest BCUT2D eigenvalue weighted by Crippen LogP contribution is 2.60. The molecule has 0 unspecified atom stereocenters. The second kappa shape index (κ2) is 11.0. The van der Waals surface area contributed by atoms with E-state index in [4.69, 9.17) is 14.9 Å². The Morgan fingerprint density at radius 2 is 1.44 bits per heavy atom. The molecular formula is C29H32N2O10. The average molecular weight is 569 g/mol. The van der Waals surface area contributed by atoms with Gasteiger partial charge in [0.25, 0.3) is 0 Å². The van der Waals surface area contributed by atoms with Crippen molar-refractivity contribution < 1.29 is 48.8 Å². The Morgan fingerprint density at radius 1 is 0.854 bits per heavy atom. The average Bonchev–Trinajstić information content (AvgIpc) is 3.31. The fourth-order valence-corrected chi connectivity index (χ4v) is 7.28. The highest BCUT2D eigenvalue weighted by molar-refractivity contribution is 6.08. The summed E-state index contributed by atoms with van der Waals surface area (Å²) in [4.78, 5) is 78.6. The normalized spacial score (nSPS) is 28.8. The van der Waals surface area contributed by atoms with Crippen molar-refractivity contribution in [2.75, 3.05) is 20.2 Å². The number of likely N-dealkylation sites (tertiary alicyclic amines) is 2. The Hall–Kier alpha value is -4.22. The first-order valence-corrected chi connectivity index (χ1v) is 13.8. The first-order valence-electron chi connectivity index (χ1n) is 13.8. The minimum absolute atomic E-state index is 0.0173. The zero-order valence-electron chi connectivity index (χ0n) is 22.5. The predicted octanol–water partition coefficient (Wildman–Crippen LogP) is 1.77. The summed E-state index contributed by atoms with van der Waals surface area (Å²) in [5.41, 5.74) is 1.01. The van der Waals surface area contributed by atoms with Gasteiger partial charge in [-0.3, -0.25) is 38.6 Å². The number of aromatic hydroxyl groups is 1. The van der Waals surface area contributed by atoms with Crippen molar-refractivity contribution in [2.45, 2.75) is 44.4 Å². The van der Waals surface area contributed by atoms with Crippen LogP contribution in [0.2, 0.25) is 0 Å². The van der Waals surface area contributed by atoms with Crippen molar-refractivity contribution in [3.05, 3.63) is 35.4 Å². The molecule has 3 fully saturated rings. The molecule has 5 rings (SSSR count). The zero-order chi connectivity index (χ0) is 29.6. The molecule has 0 bridgehead atoms. The number of rotatable bonds is 10. The third-order valence-corrected chi connectivity index (χ3v) is 8.95. The lowest BCUT2D eigenvalue weighted by Gasteiger charge is -2.44. The number of carboxylic acids is 2. The van der Waals surface area contributed by atoms with Crippen molar-refractivity contribution >= 4 is 35.6 Å². The van der Waals surface area contributed by atoms with E-state index in [9.17, 15) is 33.9 Å². The van der Waals surface area contributed by atoms with Crippen LogP contribution in [0.5, 0.6) is 11.5 Å². The van der Waals surface area contributed by atoms with Crippen molar-refractivity contribution in [2.24, 2.45) is 29.6 Å². The van der Waals surface area contributed by atoms with Crippen LogP contribution in [0.3, 0.4) is 0 Å². The van der Waals surface area contributed by atoms with E-state index in [2.05, 4.69) is 0 Å². The van der Waals surface area contributed by atoms with Gasteiger partial charge in [0, 0.05) is 37.4 Å². The number of carbonyl (C=O) groups excluding carboxylic acids is 4. The number of phenols is 1. The molecule has 2 heterocycles. The van der Waals surface area contributed by atoms with Gasteiger partial charge >= 0.3 is 11.9 Å². The highest BCUT2D eigenvalue weighted by atomic mass is 16.5. The molecular weight excluding hydrogens is 536 g/mol. The predicted molar refractivity (Wildman–Crippen MR) is 139 cm³/mol. The Balaban J connectivity index is 1.55. The maximum Gasteiger partial charge on any atom is 0.303 e. The van der Waals surface area contributed by atoms with Crippen LogP contribution in [0.25, 0.3) is 0 Å². The highest BCUT2D eigenvalue weighted by Gasteiger charge is 2.62. The third-order valence-electron chi connectivity index (χ3n) is 8.95. The smallest absolute Gasteiger partial charge is 0.303 e. The quantitative estimate of drug-likeness (QED) is 0.278. The Bertz CT molecular complexity index is 1350. The van der Waals surface area contributed by atoms with Gasteiger partial charge < -0.3 is 20.1 Å². The van der Waals surface area contributed by atoms with Crippen LogP contribution in [0.4, 0.5) is 0 Å². The van der Waals surface area contributed by atoms with Crippen molar-refractivity contribution in [3.8, 4) is 11.5 Å². The van der Waals surface area contributed by atoms with E-state index < -0.39 is 65.2 Å². The summed E-state index contributed by atoms with van der Waals surface area (Å²) in [5.74, 6) is -8.16. The van der Waals surface area contributed by atoms with Crippen molar-refractivity contribution in [3.63, 3.8) is 0 Å². The summed E-state index contributed by atoms with van der Waals surface area (Å²) < 4.78 is 5.55. The van der Waals surface area contributed by atoms with Crippen LogP contribution in [-0.4, -0.2) is 80.9 Å². The standard InChI is InChI=1S/C29H32N2O10/c1-41-19-6-2-5-18(32)25(19)23-14-9-10-15-22(28(39)30(26(15)37)11-3-7-20(33)34)16(14)13-17-24(23)29(40)31(27(17)38)12-4-8-21(35)36/h2,5-6,9,15-17,22-24,32H,3-4,7-8,10-13H2,1H3,(H,33,34)(H,35,36)/t15-,16+,17+,22-,23-,24+/m0/s1. The molecule has 12 heteroatoms. The molecule has 1 aromatic carbocycles. The maximum absolute atomic E-state index is 13.8. The van der Waals surface area contributed by atoms with Gasteiger partial charge in [-0.05, 0) is 43.7 Å². The summed E-state index contributed by atoms with van der Waals surface area (Å²) >= 11 is 0. The van der Waals surface area contributed by atoms with Crippen LogP contribution in [-0.2, 0) is 28.8 Å². The molecule has 4 aliphatic rings. The minimum Gasteiger partial charge on any atom is -0.508 e. The SMILES string of the molecule is COc1cccc(O)c1[C@H]1C2=CC[C@@H]3C(=O)N(CCCC(=O)O)C(=O)[C@@H]3[C@@H]2C[C@H]2C(=O)N(CCCC(=O)O)C(=O)[C@@H]12. The van der Waals surface area contributed by atoms with E-state index in [1.165, 1.54) is 13.2 Å². The molecule has 41 heavy (non-hydrogen) atoms. The van der Waals surface area contributed by atoms with Gasteiger partial charge in [0.1, 0.15) is 11.5 Å². The second-order valence-electron chi connectivity index (χ2n) is 11.1. The van der Waals surface area contributed by atoms with E-state index >= 15 is 0 Å². The van der Waals surface area contributed by atoms with Crippen LogP contribution in [0.1, 0.15) is 50.0 Å². The lowest BCUT2D eigenvalue weighted by atomic mass is 9.57. The van der Waals surface area contributed by atoms with Gasteiger partial charge in [-0.15, -0.1) is 0 Å². The second-order valence-corrected chi connectivity index (χ2v) is 11.1. The summed E-state index contributed by atoms with van der Waals surface area (Å²) in [5, 5.41) is 29.1. The van der Waals surface area contributed by atoms with Crippen LogP contribution >= 0.6 is 0 Å². The Labute approximate surface area is 235 Å². The van der Waals surface area contributed by atoms with Gasteiger partial charge in [0.15, 0.2) is 0 Å². The number of hydrogen-bond donors (Lipinski definition) is 3. The van der Waals surface area contributed by atoms with Crippen molar-refractivity contribution in [1.29, 1.82) is 0 Å². The van der Waals surface area contributed by atoms with Gasteiger partial charge in [0.2, 0.25) is 23.6 Å². The molecule has 0 spiro atoms. The number of imide groups is 2.